The zero-order valence-electron chi connectivity index (χ0n) is 19.6. The average Bonchev–Trinajstić information content (AvgIpc) is 2.82. The standard InChI is InChI=1S/C24H28N4O6/c1-15(2)21-13-26(24(30)18-7-11-20(12-8-18)28(33)34)22(16(3)4)14-25(21)23(29)17-5-9-19(10-6-17)27(31)32/h5-12,15-16,21-22H,13-14H2,1-4H3/t21-,22-/m1/s1. The molecule has 0 spiro atoms. The van der Waals surface area contributed by atoms with Crippen LogP contribution in [0.1, 0.15) is 48.4 Å². The Hall–Kier alpha value is -3.82. The molecule has 34 heavy (non-hydrogen) atoms. The van der Waals surface area contributed by atoms with Gasteiger partial charge in [-0.3, -0.25) is 29.8 Å². The van der Waals surface area contributed by atoms with Crippen LogP contribution in [0.5, 0.6) is 0 Å². The van der Waals surface area contributed by atoms with Gasteiger partial charge < -0.3 is 9.80 Å². The van der Waals surface area contributed by atoms with Gasteiger partial charge in [0.25, 0.3) is 23.2 Å². The van der Waals surface area contributed by atoms with Crippen LogP contribution in [-0.2, 0) is 0 Å². The van der Waals surface area contributed by atoms with E-state index in [2.05, 4.69) is 0 Å². The van der Waals surface area contributed by atoms with Crippen LogP contribution in [0.25, 0.3) is 0 Å². The molecular formula is C24H28N4O6. The van der Waals surface area contributed by atoms with E-state index in [1.165, 1.54) is 48.5 Å². The second-order valence-electron chi connectivity index (χ2n) is 9.15. The first-order valence-electron chi connectivity index (χ1n) is 11.1. The van der Waals surface area contributed by atoms with Gasteiger partial charge >= 0.3 is 0 Å². The fourth-order valence-corrected chi connectivity index (χ4v) is 4.26. The van der Waals surface area contributed by atoms with E-state index in [1.54, 1.807) is 9.80 Å². The summed E-state index contributed by atoms with van der Waals surface area (Å²) < 4.78 is 0. The predicted molar refractivity (Wildman–Crippen MR) is 126 cm³/mol. The molecule has 2 aromatic rings. The summed E-state index contributed by atoms with van der Waals surface area (Å²) in [5.41, 5.74) is 0.536. The van der Waals surface area contributed by atoms with Crippen LogP contribution in [-0.4, -0.2) is 56.6 Å². The molecule has 0 N–H and O–H groups in total. The van der Waals surface area contributed by atoms with Crippen LogP contribution >= 0.6 is 0 Å². The quantitative estimate of drug-likeness (QED) is 0.463. The number of amides is 2. The van der Waals surface area contributed by atoms with Crippen molar-refractivity contribution in [1.82, 2.24) is 9.80 Å². The normalized spacial score (nSPS) is 18.3. The van der Waals surface area contributed by atoms with Crippen molar-refractivity contribution >= 4 is 23.2 Å². The largest absolute Gasteiger partial charge is 0.332 e. The Balaban J connectivity index is 1.90. The van der Waals surface area contributed by atoms with E-state index >= 15 is 0 Å². The van der Waals surface area contributed by atoms with Gasteiger partial charge in [0.05, 0.1) is 21.9 Å². The van der Waals surface area contributed by atoms with Gasteiger partial charge in [-0.05, 0) is 36.1 Å². The molecule has 2 atom stereocenters. The highest BCUT2D eigenvalue weighted by Gasteiger charge is 2.41. The van der Waals surface area contributed by atoms with E-state index in [-0.39, 0.29) is 47.1 Å². The average molecular weight is 469 g/mol. The molecule has 180 valence electrons. The molecule has 0 aromatic heterocycles. The van der Waals surface area contributed by atoms with Gasteiger partial charge in [-0.2, -0.15) is 0 Å². The molecule has 10 heteroatoms. The number of nitrogens with zero attached hydrogens (tertiary/aromatic N) is 4. The third kappa shape index (κ3) is 5.05. The Bertz CT molecular complexity index is 994. The minimum absolute atomic E-state index is 0.0438. The number of benzene rings is 2. The van der Waals surface area contributed by atoms with Crippen molar-refractivity contribution < 1.29 is 19.4 Å². The Morgan fingerprint density at radius 3 is 1.24 bits per heavy atom. The van der Waals surface area contributed by atoms with Gasteiger partial charge in [-0.25, -0.2) is 0 Å². The zero-order valence-corrected chi connectivity index (χ0v) is 19.6. The number of rotatable bonds is 6. The molecule has 0 aliphatic carbocycles. The lowest BCUT2D eigenvalue weighted by Crippen LogP contribution is -2.63. The van der Waals surface area contributed by atoms with Crippen molar-refractivity contribution in [3.8, 4) is 0 Å². The summed E-state index contributed by atoms with van der Waals surface area (Å²) in [6, 6.07) is 10.5. The lowest BCUT2D eigenvalue weighted by atomic mass is 9.91. The number of nitro benzene ring substituents is 2. The molecule has 0 unspecified atom stereocenters. The lowest BCUT2D eigenvalue weighted by Gasteiger charge is -2.49. The SMILES string of the molecule is CC(C)[C@H]1CN(C(=O)c2ccc([N+](=O)[O-])cc2)[C@@H](C(C)C)CN1C(=O)c1ccc([N+](=O)[O-])cc1. The molecule has 0 saturated carbocycles. The van der Waals surface area contributed by atoms with Crippen LogP contribution in [0.3, 0.4) is 0 Å². The van der Waals surface area contributed by atoms with E-state index in [9.17, 15) is 29.8 Å². The molecular weight excluding hydrogens is 440 g/mol. The summed E-state index contributed by atoms with van der Waals surface area (Å²) in [6.45, 7) is 8.54. The number of carbonyl (C=O) groups excluding carboxylic acids is 2. The van der Waals surface area contributed by atoms with E-state index in [1.807, 2.05) is 27.7 Å². The monoisotopic (exact) mass is 468 g/mol. The molecule has 0 radical (unpaired) electrons. The van der Waals surface area contributed by atoms with Crippen LogP contribution in [0, 0.1) is 32.1 Å². The Morgan fingerprint density at radius 1 is 0.706 bits per heavy atom. The van der Waals surface area contributed by atoms with E-state index in [0.29, 0.717) is 24.2 Å². The smallest absolute Gasteiger partial charge is 0.269 e. The highest BCUT2D eigenvalue weighted by Crippen LogP contribution is 2.28. The van der Waals surface area contributed by atoms with Gasteiger partial charge in [0.15, 0.2) is 0 Å². The number of hydrogen-bond acceptors (Lipinski definition) is 6. The minimum Gasteiger partial charge on any atom is -0.332 e. The van der Waals surface area contributed by atoms with Gasteiger partial charge in [0, 0.05) is 48.5 Å². The maximum Gasteiger partial charge on any atom is 0.269 e. The lowest BCUT2D eigenvalue weighted by molar-refractivity contribution is -0.385. The Morgan fingerprint density at radius 2 is 1.00 bits per heavy atom. The fourth-order valence-electron chi connectivity index (χ4n) is 4.26. The van der Waals surface area contributed by atoms with Crippen LogP contribution in [0.15, 0.2) is 48.5 Å². The van der Waals surface area contributed by atoms with Crippen molar-refractivity contribution in [2.75, 3.05) is 13.1 Å². The van der Waals surface area contributed by atoms with Crippen molar-refractivity contribution in [2.24, 2.45) is 11.8 Å². The topological polar surface area (TPSA) is 127 Å². The van der Waals surface area contributed by atoms with Gasteiger partial charge in [-0.1, -0.05) is 27.7 Å². The number of non-ortho nitro benzene ring substituents is 2. The summed E-state index contributed by atoms with van der Waals surface area (Å²) in [5, 5.41) is 21.9. The first-order valence-corrected chi connectivity index (χ1v) is 11.1. The molecule has 2 amide bonds. The molecule has 1 aliphatic rings. The summed E-state index contributed by atoms with van der Waals surface area (Å²) in [5.74, 6) is -0.382. The second-order valence-corrected chi connectivity index (χ2v) is 9.15. The van der Waals surface area contributed by atoms with Crippen molar-refractivity contribution in [3.05, 3.63) is 79.9 Å². The summed E-state index contributed by atoms with van der Waals surface area (Å²) in [6.07, 6.45) is 0. The number of nitro groups is 2. The van der Waals surface area contributed by atoms with Crippen molar-refractivity contribution in [1.29, 1.82) is 0 Å². The molecule has 1 saturated heterocycles. The highest BCUT2D eigenvalue weighted by molar-refractivity contribution is 5.96. The zero-order chi connectivity index (χ0) is 25.2. The van der Waals surface area contributed by atoms with Crippen molar-refractivity contribution in [2.45, 2.75) is 39.8 Å². The summed E-state index contributed by atoms with van der Waals surface area (Å²) in [7, 11) is 0. The number of piperazine rings is 1. The third-order valence-electron chi connectivity index (χ3n) is 6.28. The molecule has 3 rings (SSSR count). The van der Waals surface area contributed by atoms with Crippen LogP contribution < -0.4 is 0 Å². The highest BCUT2D eigenvalue weighted by atomic mass is 16.6. The Labute approximate surface area is 197 Å². The number of hydrogen-bond donors (Lipinski definition) is 0. The minimum atomic E-state index is -0.511. The number of carbonyl (C=O) groups is 2. The summed E-state index contributed by atoms with van der Waals surface area (Å²) in [4.78, 5) is 51.2. The van der Waals surface area contributed by atoms with Crippen molar-refractivity contribution in [3.63, 3.8) is 0 Å². The van der Waals surface area contributed by atoms with Crippen LogP contribution in [0.4, 0.5) is 11.4 Å². The molecule has 10 nitrogen and oxygen atoms in total. The fraction of sp³-hybridized carbons (Fsp3) is 0.417. The second kappa shape index (κ2) is 9.98. The first-order chi connectivity index (χ1) is 16.0. The molecule has 2 aromatic carbocycles. The maximum absolute atomic E-state index is 13.4. The van der Waals surface area contributed by atoms with Gasteiger partial charge in [0.1, 0.15) is 0 Å². The van der Waals surface area contributed by atoms with Gasteiger partial charge in [-0.15, -0.1) is 0 Å². The predicted octanol–water partition coefficient (Wildman–Crippen LogP) is 4.15. The maximum atomic E-state index is 13.4. The third-order valence-corrected chi connectivity index (χ3v) is 6.28. The van der Waals surface area contributed by atoms with Gasteiger partial charge in [0.2, 0.25) is 0 Å². The molecule has 1 heterocycles. The van der Waals surface area contributed by atoms with E-state index < -0.39 is 9.85 Å². The molecule has 1 fully saturated rings. The van der Waals surface area contributed by atoms with Crippen LogP contribution in [0.2, 0.25) is 0 Å². The van der Waals surface area contributed by atoms with E-state index in [4.69, 9.17) is 0 Å². The summed E-state index contributed by atoms with van der Waals surface area (Å²) >= 11 is 0. The first kappa shape index (κ1) is 24.8. The Kier molecular flexibility index (Phi) is 7.29. The molecule has 1 aliphatic heterocycles. The van der Waals surface area contributed by atoms with E-state index in [0.717, 1.165) is 0 Å². The molecule has 0 bridgehead atoms.